The van der Waals surface area contributed by atoms with Gasteiger partial charge in [-0.15, -0.1) is 11.3 Å². The fourth-order valence-corrected chi connectivity index (χ4v) is 2.92. The van der Waals surface area contributed by atoms with E-state index in [4.69, 9.17) is 4.74 Å². The summed E-state index contributed by atoms with van der Waals surface area (Å²) in [5.74, 6) is 0.142. The molecule has 0 fully saturated rings. The van der Waals surface area contributed by atoms with Crippen LogP contribution in [-0.4, -0.2) is 20.7 Å². The summed E-state index contributed by atoms with van der Waals surface area (Å²) in [7, 11) is 0. The monoisotopic (exact) mass is 384 g/mol. The molecule has 0 unspecified atom stereocenters. The lowest BCUT2D eigenvalue weighted by Crippen LogP contribution is -2.26. The Morgan fingerprint density at radius 3 is 2.89 bits per heavy atom. The molecular formula is C19H20N4O3S. The average molecular weight is 384 g/mol. The molecule has 0 aliphatic rings. The molecule has 0 radical (unpaired) electrons. The van der Waals surface area contributed by atoms with Crippen molar-refractivity contribution in [2.24, 2.45) is 0 Å². The number of aryl methyl sites for hydroxylation is 1. The standard InChI is InChI=1S/C19H20N4O3S/c1-2-3-10-23-18(24)9-8-16(22-23)19(25)21-15-6-4-5-7-17(15)26-11-14-12-27-13-20-14/h4-9,12-13H,2-3,10-11H2,1H3,(H,21,25). The van der Waals surface area contributed by atoms with Crippen LogP contribution >= 0.6 is 11.3 Å². The molecule has 27 heavy (non-hydrogen) atoms. The van der Waals surface area contributed by atoms with Gasteiger partial charge in [0.05, 0.1) is 16.9 Å². The predicted octanol–water partition coefficient (Wildman–Crippen LogP) is 3.33. The molecule has 0 saturated heterocycles. The van der Waals surface area contributed by atoms with Gasteiger partial charge in [-0.05, 0) is 24.6 Å². The van der Waals surface area contributed by atoms with Gasteiger partial charge in [0.2, 0.25) is 0 Å². The summed E-state index contributed by atoms with van der Waals surface area (Å²) >= 11 is 1.50. The fraction of sp³-hybridized carbons (Fsp3) is 0.263. The van der Waals surface area contributed by atoms with Gasteiger partial charge in [-0.1, -0.05) is 25.5 Å². The summed E-state index contributed by atoms with van der Waals surface area (Å²) in [5, 5.41) is 8.87. The number of hydrogen-bond acceptors (Lipinski definition) is 6. The fourth-order valence-electron chi connectivity index (χ4n) is 2.38. The molecule has 1 amide bonds. The summed E-state index contributed by atoms with van der Waals surface area (Å²) in [6, 6.07) is 9.95. The summed E-state index contributed by atoms with van der Waals surface area (Å²) in [5.41, 5.74) is 3.06. The number of rotatable bonds is 8. The lowest BCUT2D eigenvalue weighted by Gasteiger charge is -2.12. The smallest absolute Gasteiger partial charge is 0.276 e. The van der Waals surface area contributed by atoms with E-state index in [1.54, 1.807) is 23.7 Å². The number of aromatic nitrogens is 3. The Labute approximate surface area is 160 Å². The highest BCUT2D eigenvalue weighted by atomic mass is 32.1. The lowest BCUT2D eigenvalue weighted by molar-refractivity contribution is 0.101. The molecule has 0 aliphatic carbocycles. The second-order valence-electron chi connectivity index (χ2n) is 5.85. The number of anilines is 1. The van der Waals surface area contributed by atoms with Crippen molar-refractivity contribution in [1.29, 1.82) is 0 Å². The molecule has 0 spiro atoms. The summed E-state index contributed by atoms with van der Waals surface area (Å²) in [4.78, 5) is 28.6. The van der Waals surface area contributed by atoms with Crippen molar-refractivity contribution in [2.75, 3.05) is 5.32 Å². The first-order valence-electron chi connectivity index (χ1n) is 8.66. The van der Waals surface area contributed by atoms with Gasteiger partial charge in [-0.2, -0.15) is 5.10 Å². The molecule has 0 saturated carbocycles. The number of thiazole rings is 1. The Morgan fingerprint density at radius 2 is 2.11 bits per heavy atom. The highest BCUT2D eigenvalue weighted by Crippen LogP contribution is 2.25. The van der Waals surface area contributed by atoms with Crippen LogP contribution in [-0.2, 0) is 13.2 Å². The van der Waals surface area contributed by atoms with E-state index in [0.717, 1.165) is 18.5 Å². The molecule has 0 atom stereocenters. The zero-order chi connectivity index (χ0) is 19.1. The summed E-state index contributed by atoms with van der Waals surface area (Å²) in [6.45, 7) is 2.84. The van der Waals surface area contributed by atoms with Crippen molar-refractivity contribution in [3.05, 3.63) is 69.0 Å². The number of benzene rings is 1. The highest BCUT2D eigenvalue weighted by molar-refractivity contribution is 7.07. The number of amides is 1. The first-order valence-corrected chi connectivity index (χ1v) is 9.60. The van der Waals surface area contributed by atoms with Crippen molar-refractivity contribution in [3.63, 3.8) is 0 Å². The summed E-state index contributed by atoms with van der Waals surface area (Å²) < 4.78 is 7.09. The Kier molecular flexibility index (Phi) is 6.32. The molecule has 8 heteroatoms. The number of carbonyl (C=O) groups excluding carboxylic acids is 1. The Morgan fingerprint density at radius 1 is 1.26 bits per heavy atom. The second kappa shape index (κ2) is 9.09. The molecule has 1 aromatic carbocycles. The van der Waals surface area contributed by atoms with Gasteiger partial charge in [0, 0.05) is 18.0 Å². The van der Waals surface area contributed by atoms with Gasteiger partial charge in [0.1, 0.15) is 18.1 Å². The largest absolute Gasteiger partial charge is 0.485 e. The van der Waals surface area contributed by atoms with E-state index in [1.165, 1.54) is 28.2 Å². The minimum atomic E-state index is -0.398. The van der Waals surface area contributed by atoms with Crippen LogP contribution in [0.5, 0.6) is 5.75 Å². The average Bonchev–Trinajstić information content (AvgIpc) is 3.20. The lowest BCUT2D eigenvalue weighted by atomic mass is 10.2. The van der Waals surface area contributed by atoms with Gasteiger partial charge in [0.25, 0.3) is 11.5 Å². The Bertz CT molecular complexity index is 954. The van der Waals surface area contributed by atoms with E-state index >= 15 is 0 Å². The van der Waals surface area contributed by atoms with Crippen LogP contribution in [0.25, 0.3) is 0 Å². The number of nitrogens with zero attached hydrogens (tertiary/aromatic N) is 3. The molecule has 7 nitrogen and oxygen atoms in total. The highest BCUT2D eigenvalue weighted by Gasteiger charge is 2.13. The molecular weight excluding hydrogens is 364 g/mol. The van der Waals surface area contributed by atoms with Crippen molar-refractivity contribution in [2.45, 2.75) is 32.9 Å². The van der Waals surface area contributed by atoms with E-state index in [0.29, 0.717) is 24.6 Å². The van der Waals surface area contributed by atoms with Crippen LogP contribution in [0.1, 0.15) is 35.9 Å². The number of nitrogens with one attached hydrogen (secondary N) is 1. The van der Waals surface area contributed by atoms with E-state index in [-0.39, 0.29) is 11.3 Å². The number of hydrogen-bond donors (Lipinski definition) is 1. The topological polar surface area (TPSA) is 86.1 Å². The molecule has 0 aliphatic heterocycles. The van der Waals surface area contributed by atoms with E-state index in [1.807, 2.05) is 18.4 Å². The second-order valence-corrected chi connectivity index (χ2v) is 6.57. The maximum atomic E-state index is 12.6. The van der Waals surface area contributed by atoms with E-state index in [9.17, 15) is 9.59 Å². The normalized spacial score (nSPS) is 10.6. The zero-order valence-electron chi connectivity index (χ0n) is 14.9. The predicted molar refractivity (Wildman–Crippen MR) is 104 cm³/mol. The first-order chi connectivity index (χ1) is 13.2. The molecule has 2 heterocycles. The van der Waals surface area contributed by atoms with Gasteiger partial charge in [0.15, 0.2) is 0 Å². The minimum absolute atomic E-state index is 0.181. The zero-order valence-corrected chi connectivity index (χ0v) is 15.7. The maximum Gasteiger partial charge on any atom is 0.276 e. The van der Waals surface area contributed by atoms with Crippen molar-refractivity contribution in [3.8, 4) is 5.75 Å². The van der Waals surface area contributed by atoms with Gasteiger partial charge in [-0.25, -0.2) is 9.67 Å². The van der Waals surface area contributed by atoms with Gasteiger partial charge in [-0.3, -0.25) is 9.59 Å². The van der Waals surface area contributed by atoms with Crippen molar-refractivity contribution in [1.82, 2.24) is 14.8 Å². The number of unbranched alkanes of at least 4 members (excludes halogenated alkanes) is 1. The number of ether oxygens (including phenoxy) is 1. The minimum Gasteiger partial charge on any atom is -0.485 e. The van der Waals surface area contributed by atoms with Crippen LogP contribution in [0.2, 0.25) is 0 Å². The van der Waals surface area contributed by atoms with Crippen molar-refractivity contribution >= 4 is 22.9 Å². The SMILES string of the molecule is CCCCn1nc(C(=O)Nc2ccccc2OCc2cscn2)ccc1=O. The summed E-state index contributed by atoms with van der Waals surface area (Å²) in [6.07, 6.45) is 1.76. The molecule has 0 bridgehead atoms. The molecule has 2 aromatic heterocycles. The third kappa shape index (κ3) is 5.01. The third-order valence-corrected chi connectivity index (χ3v) is 4.45. The van der Waals surface area contributed by atoms with Gasteiger partial charge >= 0.3 is 0 Å². The van der Waals surface area contributed by atoms with Crippen LogP contribution in [0.4, 0.5) is 5.69 Å². The molecule has 3 aromatic rings. The molecule has 1 N–H and O–H groups in total. The molecule has 3 rings (SSSR count). The van der Waals surface area contributed by atoms with E-state index < -0.39 is 5.91 Å². The maximum absolute atomic E-state index is 12.6. The quantitative estimate of drug-likeness (QED) is 0.644. The third-order valence-electron chi connectivity index (χ3n) is 3.82. The van der Waals surface area contributed by atoms with Crippen molar-refractivity contribution < 1.29 is 9.53 Å². The first kappa shape index (κ1) is 18.8. The molecule has 140 valence electrons. The van der Waals surface area contributed by atoms with Crippen LogP contribution in [0.3, 0.4) is 0 Å². The number of carbonyl (C=O) groups is 1. The number of para-hydroxylation sites is 2. The van der Waals surface area contributed by atoms with Crippen LogP contribution in [0, 0.1) is 0 Å². The van der Waals surface area contributed by atoms with Crippen LogP contribution < -0.4 is 15.6 Å². The Hall–Kier alpha value is -3.00. The Balaban J connectivity index is 1.73. The van der Waals surface area contributed by atoms with Gasteiger partial charge < -0.3 is 10.1 Å². The van der Waals surface area contributed by atoms with Crippen LogP contribution in [0.15, 0.2) is 52.1 Å². The van der Waals surface area contributed by atoms with E-state index in [2.05, 4.69) is 15.4 Å².